The summed E-state index contributed by atoms with van der Waals surface area (Å²) in [5.74, 6) is -0.878. The SMILES string of the molecule is Fc1cc2nc(CCCCCCCCc3ccc4ccccc4c3)[nH]c2cc1F. The van der Waals surface area contributed by atoms with Crippen LogP contribution in [0.25, 0.3) is 21.8 Å². The summed E-state index contributed by atoms with van der Waals surface area (Å²) in [5, 5.41) is 2.62. The summed E-state index contributed by atoms with van der Waals surface area (Å²) in [6.45, 7) is 0. The second-order valence-corrected chi connectivity index (χ2v) is 7.77. The summed E-state index contributed by atoms with van der Waals surface area (Å²) >= 11 is 0. The van der Waals surface area contributed by atoms with E-state index in [1.54, 1.807) is 0 Å². The molecule has 0 saturated heterocycles. The number of unbranched alkanes of at least 4 members (excludes halogenated alkanes) is 5. The summed E-state index contributed by atoms with van der Waals surface area (Å²) in [6.07, 6.45) is 9.05. The molecule has 0 atom stereocenters. The molecule has 4 heteroatoms. The molecule has 0 amide bonds. The van der Waals surface area contributed by atoms with Gasteiger partial charge in [-0.05, 0) is 35.6 Å². The Hall–Kier alpha value is -2.75. The van der Waals surface area contributed by atoms with Crippen LogP contribution in [-0.2, 0) is 12.8 Å². The number of H-pyrrole nitrogens is 1. The van der Waals surface area contributed by atoms with Crippen molar-refractivity contribution in [2.24, 2.45) is 0 Å². The van der Waals surface area contributed by atoms with Gasteiger partial charge in [-0.2, -0.15) is 0 Å². The molecule has 0 fully saturated rings. The van der Waals surface area contributed by atoms with E-state index in [1.165, 1.54) is 48.1 Å². The summed E-state index contributed by atoms with van der Waals surface area (Å²) in [5.41, 5.74) is 2.47. The molecule has 3 aromatic carbocycles. The molecule has 1 aromatic heterocycles. The van der Waals surface area contributed by atoms with Crippen LogP contribution in [0.3, 0.4) is 0 Å². The number of halogens is 2. The van der Waals surface area contributed by atoms with Crippen LogP contribution in [0, 0.1) is 11.6 Å². The van der Waals surface area contributed by atoms with Gasteiger partial charge in [0.05, 0.1) is 11.0 Å². The normalized spacial score (nSPS) is 11.5. The molecule has 29 heavy (non-hydrogen) atoms. The highest BCUT2D eigenvalue weighted by Gasteiger charge is 2.08. The largest absolute Gasteiger partial charge is 0.342 e. The van der Waals surface area contributed by atoms with Crippen LogP contribution in [0.1, 0.15) is 49.9 Å². The molecule has 150 valence electrons. The van der Waals surface area contributed by atoms with Crippen LogP contribution in [0.5, 0.6) is 0 Å². The molecular weight excluding hydrogens is 366 g/mol. The van der Waals surface area contributed by atoms with E-state index in [1.807, 2.05) is 0 Å². The van der Waals surface area contributed by atoms with Crippen molar-refractivity contribution in [2.45, 2.75) is 51.4 Å². The molecule has 0 saturated carbocycles. The van der Waals surface area contributed by atoms with Gasteiger partial charge in [0.1, 0.15) is 5.82 Å². The highest BCUT2D eigenvalue weighted by atomic mass is 19.2. The lowest BCUT2D eigenvalue weighted by Gasteiger charge is -2.04. The van der Waals surface area contributed by atoms with Crippen LogP contribution >= 0.6 is 0 Å². The monoisotopic (exact) mass is 392 g/mol. The summed E-state index contributed by atoms with van der Waals surface area (Å²) in [6, 6.07) is 17.6. The quantitative estimate of drug-likeness (QED) is 0.302. The van der Waals surface area contributed by atoms with Crippen LogP contribution in [0.4, 0.5) is 8.78 Å². The second kappa shape index (κ2) is 9.17. The first kappa shape index (κ1) is 19.6. The van der Waals surface area contributed by atoms with E-state index < -0.39 is 11.6 Å². The van der Waals surface area contributed by atoms with Gasteiger partial charge in [0.15, 0.2) is 11.6 Å². The molecule has 0 unspecified atom stereocenters. The minimum atomic E-state index is -0.848. The lowest BCUT2D eigenvalue weighted by atomic mass is 10.0. The van der Waals surface area contributed by atoms with Gasteiger partial charge in [0, 0.05) is 18.6 Å². The Kier molecular flexibility index (Phi) is 6.18. The fourth-order valence-corrected chi connectivity index (χ4v) is 3.90. The van der Waals surface area contributed by atoms with Gasteiger partial charge >= 0.3 is 0 Å². The van der Waals surface area contributed by atoms with Crippen LogP contribution in [0.2, 0.25) is 0 Å². The number of fused-ring (bicyclic) bond motifs is 2. The summed E-state index contributed by atoms with van der Waals surface area (Å²) in [7, 11) is 0. The molecule has 1 heterocycles. The standard InChI is InChI=1S/C25H26F2N2/c26-21-16-23-24(17-22(21)27)29-25(28-23)12-6-4-2-1-3-5-9-18-13-14-19-10-7-8-11-20(19)15-18/h7-8,10-11,13-17H,1-6,9,12H2,(H,28,29). The van der Waals surface area contributed by atoms with Gasteiger partial charge in [-0.25, -0.2) is 13.8 Å². The molecule has 0 aliphatic heterocycles. The van der Waals surface area contributed by atoms with E-state index in [9.17, 15) is 8.78 Å². The van der Waals surface area contributed by atoms with Gasteiger partial charge in [0.2, 0.25) is 0 Å². The Morgan fingerprint density at radius 1 is 0.690 bits per heavy atom. The van der Waals surface area contributed by atoms with Gasteiger partial charge in [-0.1, -0.05) is 68.1 Å². The number of rotatable bonds is 9. The fraction of sp³-hybridized carbons (Fsp3) is 0.320. The number of nitrogens with zero attached hydrogens (tertiary/aromatic N) is 1. The Labute approximate surface area is 170 Å². The lowest BCUT2D eigenvalue weighted by molar-refractivity contribution is 0.510. The molecular formula is C25H26F2N2. The topological polar surface area (TPSA) is 28.7 Å². The van der Waals surface area contributed by atoms with Gasteiger partial charge < -0.3 is 4.98 Å². The maximum absolute atomic E-state index is 13.3. The Morgan fingerprint density at radius 3 is 2.21 bits per heavy atom. The Bertz CT molecular complexity index is 1060. The zero-order valence-electron chi connectivity index (χ0n) is 16.6. The number of hydrogen-bond donors (Lipinski definition) is 1. The Balaban J connectivity index is 1.13. The maximum atomic E-state index is 13.3. The van der Waals surface area contributed by atoms with Crippen molar-refractivity contribution < 1.29 is 8.78 Å². The third-order valence-corrected chi connectivity index (χ3v) is 5.52. The number of aromatic amines is 1. The summed E-state index contributed by atoms with van der Waals surface area (Å²) in [4.78, 5) is 7.44. The van der Waals surface area contributed by atoms with E-state index >= 15 is 0 Å². The number of benzene rings is 3. The van der Waals surface area contributed by atoms with Crippen molar-refractivity contribution in [3.8, 4) is 0 Å². The highest BCUT2D eigenvalue weighted by molar-refractivity contribution is 5.83. The number of hydrogen-bond acceptors (Lipinski definition) is 1. The average Bonchev–Trinajstić information content (AvgIpc) is 3.11. The second-order valence-electron chi connectivity index (χ2n) is 7.77. The first-order valence-corrected chi connectivity index (χ1v) is 10.5. The molecule has 0 spiro atoms. The molecule has 2 nitrogen and oxygen atoms in total. The predicted molar refractivity (Wildman–Crippen MR) is 115 cm³/mol. The molecule has 4 aromatic rings. The number of nitrogens with one attached hydrogen (secondary N) is 1. The zero-order valence-corrected chi connectivity index (χ0v) is 16.6. The van der Waals surface area contributed by atoms with E-state index in [2.05, 4.69) is 52.4 Å². The highest BCUT2D eigenvalue weighted by Crippen LogP contribution is 2.19. The molecule has 4 rings (SSSR count). The average molecular weight is 392 g/mol. The third kappa shape index (κ3) is 5.00. The molecule has 0 aliphatic carbocycles. The van der Waals surface area contributed by atoms with Gasteiger partial charge in [-0.15, -0.1) is 0 Å². The van der Waals surface area contributed by atoms with Crippen molar-refractivity contribution in [1.82, 2.24) is 9.97 Å². The van der Waals surface area contributed by atoms with Crippen LogP contribution in [0.15, 0.2) is 54.6 Å². The smallest absolute Gasteiger partial charge is 0.161 e. The zero-order chi connectivity index (χ0) is 20.1. The minimum absolute atomic E-state index is 0.493. The summed E-state index contributed by atoms with van der Waals surface area (Å²) < 4.78 is 26.5. The van der Waals surface area contributed by atoms with E-state index in [4.69, 9.17) is 0 Å². The van der Waals surface area contributed by atoms with Crippen LogP contribution in [-0.4, -0.2) is 9.97 Å². The molecule has 0 aliphatic rings. The van der Waals surface area contributed by atoms with Crippen molar-refractivity contribution in [1.29, 1.82) is 0 Å². The molecule has 1 N–H and O–H groups in total. The van der Waals surface area contributed by atoms with Gasteiger partial charge in [-0.3, -0.25) is 0 Å². The van der Waals surface area contributed by atoms with E-state index in [0.717, 1.165) is 37.6 Å². The van der Waals surface area contributed by atoms with Crippen LogP contribution < -0.4 is 0 Å². The van der Waals surface area contributed by atoms with Crippen molar-refractivity contribution in [2.75, 3.05) is 0 Å². The first-order chi connectivity index (χ1) is 14.2. The fourth-order valence-electron chi connectivity index (χ4n) is 3.90. The molecule has 0 bridgehead atoms. The minimum Gasteiger partial charge on any atom is -0.342 e. The third-order valence-electron chi connectivity index (χ3n) is 5.52. The number of imidazole rings is 1. The van der Waals surface area contributed by atoms with E-state index in [0.29, 0.717) is 11.0 Å². The van der Waals surface area contributed by atoms with Gasteiger partial charge in [0.25, 0.3) is 0 Å². The molecule has 0 radical (unpaired) electrons. The lowest BCUT2D eigenvalue weighted by Crippen LogP contribution is -1.89. The number of aromatic nitrogens is 2. The van der Waals surface area contributed by atoms with Crippen molar-refractivity contribution in [3.05, 3.63) is 77.6 Å². The van der Waals surface area contributed by atoms with Crippen molar-refractivity contribution in [3.63, 3.8) is 0 Å². The Morgan fingerprint density at radius 2 is 1.38 bits per heavy atom. The predicted octanol–water partition coefficient (Wildman–Crippen LogP) is 7.12. The first-order valence-electron chi connectivity index (χ1n) is 10.5. The van der Waals surface area contributed by atoms with Crippen molar-refractivity contribution >= 4 is 21.8 Å². The number of aryl methyl sites for hydroxylation is 2. The maximum Gasteiger partial charge on any atom is 0.161 e. The van der Waals surface area contributed by atoms with E-state index in [-0.39, 0.29) is 0 Å².